The lowest BCUT2D eigenvalue weighted by Crippen LogP contribution is -2.02. The average Bonchev–Trinajstić information content (AvgIpc) is 3.65. The summed E-state index contributed by atoms with van der Waals surface area (Å²) in [7, 11) is 0. The van der Waals surface area contributed by atoms with Crippen LogP contribution in [0.25, 0.3) is 88.5 Å². The smallest absolute Gasteiger partial charge is 0.162 e. The van der Waals surface area contributed by atoms with E-state index < -0.39 is 0 Å². The lowest BCUT2D eigenvalue weighted by molar-refractivity contribution is 1.05. The third-order valence-electron chi connectivity index (χ3n) is 9.48. The van der Waals surface area contributed by atoms with E-state index >= 15 is 0 Å². The van der Waals surface area contributed by atoms with Gasteiger partial charge in [-0.25, -0.2) is 9.97 Å². The lowest BCUT2D eigenvalue weighted by Gasteiger charge is -2.12. The van der Waals surface area contributed by atoms with Crippen molar-refractivity contribution in [3.05, 3.63) is 170 Å². The van der Waals surface area contributed by atoms with Crippen LogP contribution in [0.4, 0.5) is 0 Å². The van der Waals surface area contributed by atoms with Crippen LogP contribution in [0.2, 0.25) is 0 Å². The minimum absolute atomic E-state index is 0.702. The van der Waals surface area contributed by atoms with E-state index in [0.717, 1.165) is 39.4 Å². The molecule has 4 nitrogen and oxygen atoms in total. The van der Waals surface area contributed by atoms with Gasteiger partial charge in [-0.1, -0.05) is 115 Å². The zero-order chi connectivity index (χ0) is 31.6. The fraction of sp³-hybridized carbons (Fsp3) is 0. The maximum absolute atomic E-state index is 5.23. The van der Waals surface area contributed by atoms with Gasteiger partial charge in [0.05, 0.1) is 27.8 Å². The Morgan fingerprint density at radius 3 is 1.50 bits per heavy atom. The Hall–Kier alpha value is -6.52. The van der Waals surface area contributed by atoms with Gasteiger partial charge in [0.15, 0.2) is 5.82 Å². The molecule has 0 bridgehead atoms. The minimum Gasteiger partial charge on any atom is -0.309 e. The monoisotopic (exact) mass is 612 g/mol. The van der Waals surface area contributed by atoms with Crippen LogP contribution in [-0.4, -0.2) is 19.1 Å². The summed E-state index contributed by atoms with van der Waals surface area (Å²) in [5, 5.41) is 7.29. The lowest BCUT2D eigenvalue weighted by atomic mass is 10.0. The second-order valence-electron chi connectivity index (χ2n) is 12.3. The molecule has 0 fully saturated rings. The van der Waals surface area contributed by atoms with Gasteiger partial charge >= 0.3 is 0 Å². The first-order valence-electron chi connectivity index (χ1n) is 16.3. The first-order chi connectivity index (χ1) is 23.8. The number of benzene rings is 7. The Kier molecular flexibility index (Phi) is 5.84. The Labute approximate surface area is 276 Å². The van der Waals surface area contributed by atoms with Gasteiger partial charge in [-0.15, -0.1) is 0 Å². The van der Waals surface area contributed by atoms with E-state index in [1.54, 1.807) is 0 Å². The molecule has 0 spiro atoms. The van der Waals surface area contributed by atoms with Crippen molar-refractivity contribution in [3.63, 3.8) is 0 Å². The number of aromatic nitrogens is 4. The Balaban J connectivity index is 1.29. The van der Waals surface area contributed by atoms with E-state index in [9.17, 15) is 0 Å². The topological polar surface area (TPSA) is 35.6 Å². The maximum Gasteiger partial charge on any atom is 0.162 e. The molecular formula is C44H28N4. The van der Waals surface area contributed by atoms with Crippen molar-refractivity contribution in [2.75, 3.05) is 0 Å². The van der Waals surface area contributed by atoms with Crippen LogP contribution in [-0.2, 0) is 0 Å². The van der Waals surface area contributed by atoms with E-state index in [4.69, 9.17) is 9.97 Å². The van der Waals surface area contributed by atoms with Crippen molar-refractivity contribution < 1.29 is 0 Å². The highest BCUT2D eigenvalue weighted by Crippen LogP contribution is 2.39. The molecule has 0 aliphatic rings. The zero-order valence-electron chi connectivity index (χ0n) is 26.0. The van der Waals surface area contributed by atoms with Gasteiger partial charge in [0.25, 0.3) is 0 Å². The summed E-state index contributed by atoms with van der Waals surface area (Å²) in [6.07, 6.45) is 0. The summed E-state index contributed by atoms with van der Waals surface area (Å²) < 4.78 is 4.69. The van der Waals surface area contributed by atoms with Crippen molar-refractivity contribution in [1.29, 1.82) is 0 Å². The van der Waals surface area contributed by atoms with Gasteiger partial charge in [0.2, 0.25) is 0 Å². The van der Waals surface area contributed by atoms with Gasteiger partial charge in [-0.2, -0.15) is 0 Å². The number of rotatable bonds is 4. The van der Waals surface area contributed by atoms with Gasteiger partial charge in [0, 0.05) is 44.4 Å². The normalized spacial score (nSPS) is 11.8. The van der Waals surface area contributed by atoms with Crippen molar-refractivity contribution in [2.24, 2.45) is 0 Å². The number of nitrogens with zero attached hydrogens (tertiary/aromatic N) is 4. The quantitative estimate of drug-likeness (QED) is 0.198. The molecule has 3 heterocycles. The van der Waals surface area contributed by atoms with E-state index in [-0.39, 0.29) is 0 Å². The fourth-order valence-electron chi connectivity index (χ4n) is 7.30. The zero-order valence-corrected chi connectivity index (χ0v) is 26.0. The van der Waals surface area contributed by atoms with Crippen LogP contribution in [0.3, 0.4) is 0 Å². The van der Waals surface area contributed by atoms with E-state index in [1.165, 1.54) is 43.4 Å². The molecule has 7 aromatic carbocycles. The van der Waals surface area contributed by atoms with Crippen LogP contribution < -0.4 is 0 Å². The van der Waals surface area contributed by atoms with Gasteiger partial charge in [-0.3, -0.25) is 4.57 Å². The maximum atomic E-state index is 5.23. The summed E-state index contributed by atoms with van der Waals surface area (Å²) in [6.45, 7) is 0. The van der Waals surface area contributed by atoms with Crippen molar-refractivity contribution >= 4 is 54.4 Å². The van der Waals surface area contributed by atoms with Crippen LogP contribution in [0, 0.1) is 0 Å². The number of hydrogen-bond donors (Lipinski definition) is 0. The highest BCUT2D eigenvalue weighted by Gasteiger charge is 2.19. The Bertz CT molecular complexity index is 2760. The molecule has 3 aromatic heterocycles. The summed E-state index contributed by atoms with van der Waals surface area (Å²) in [5.41, 5.74) is 8.71. The molecule has 4 heteroatoms. The van der Waals surface area contributed by atoms with E-state index in [2.05, 4.69) is 155 Å². The predicted molar refractivity (Wildman–Crippen MR) is 199 cm³/mol. The van der Waals surface area contributed by atoms with Gasteiger partial charge in [-0.05, 0) is 59.3 Å². The minimum atomic E-state index is 0.702. The number of fused-ring (bicyclic) bond motifs is 7. The molecule has 0 aliphatic heterocycles. The number of para-hydroxylation sites is 3. The molecule has 224 valence electrons. The first kappa shape index (κ1) is 26.7. The molecule has 0 unspecified atom stereocenters. The third kappa shape index (κ3) is 4.10. The average molecular weight is 613 g/mol. The SMILES string of the molecule is c1ccc(-c2cc(-n3c4ccccc4c4cc5cc6c7ccccc7n(-c7ccccc7)c6cc5cc43)nc(-c3ccccc3)n2)cc1. The fourth-order valence-corrected chi connectivity index (χ4v) is 7.30. The summed E-state index contributed by atoms with van der Waals surface area (Å²) in [5.74, 6) is 1.54. The third-order valence-corrected chi connectivity index (χ3v) is 9.48. The molecule has 48 heavy (non-hydrogen) atoms. The summed E-state index contributed by atoms with van der Waals surface area (Å²) in [4.78, 5) is 10.3. The molecule has 0 radical (unpaired) electrons. The molecule has 0 saturated heterocycles. The number of hydrogen-bond acceptors (Lipinski definition) is 2. The van der Waals surface area contributed by atoms with Gasteiger partial charge in [0.1, 0.15) is 5.82 Å². The Morgan fingerprint density at radius 1 is 0.354 bits per heavy atom. The van der Waals surface area contributed by atoms with Crippen molar-refractivity contribution in [1.82, 2.24) is 19.1 Å². The highest BCUT2D eigenvalue weighted by molar-refractivity contribution is 6.18. The largest absolute Gasteiger partial charge is 0.309 e. The van der Waals surface area contributed by atoms with Crippen LogP contribution in [0.15, 0.2) is 170 Å². The summed E-state index contributed by atoms with van der Waals surface area (Å²) in [6, 6.07) is 60.1. The molecule has 10 aromatic rings. The van der Waals surface area contributed by atoms with E-state index in [0.29, 0.717) is 5.82 Å². The molecule has 0 N–H and O–H groups in total. The first-order valence-corrected chi connectivity index (χ1v) is 16.3. The second-order valence-corrected chi connectivity index (χ2v) is 12.3. The molecule has 0 saturated carbocycles. The van der Waals surface area contributed by atoms with Crippen molar-refractivity contribution in [2.45, 2.75) is 0 Å². The molecular weight excluding hydrogens is 585 g/mol. The molecule has 10 rings (SSSR count). The molecule has 0 atom stereocenters. The summed E-state index contributed by atoms with van der Waals surface area (Å²) >= 11 is 0. The predicted octanol–water partition coefficient (Wildman–Crippen LogP) is 11.2. The van der Waals surface area contributed by atoms with Crippen LogP contribution in [0.5, 0.6) is 0 Å². The van der Waals surface area contributed by atoms with Crippen molar-refractivity contribution in [3.8, 4) is 34.2 Å². The standard InChI is InChI=1S/C44H28N4/c1-4-14-29(15-5-1)38-28-43(46-44(45-38)30-16-6-2-7-17-30)48-40-23-13-11-21-35(40)37-25-31-24-36-34-20-10-12-22-39(34)47(33-18-8-3-9-19-33)41(36)26-32(31)27-42(37)48/h1-28H. The highest BCUT2D eigenvalue weighted by atomic mass is 15.1. The van der Waals surface area contributed by atoms with Gasteiger partial charge < -0.3 is 4.57 Å². The van der Waals surface area contributed by atoms with E-state index in [1.807, 2.05) is 24.3 Å². The van der Waals surface area contributed by atoms with Crippen LogP contribution in [0.1, 0.15) is 0 Å². The van der Waals surface area contributed by atoms with Crippen LogP contribution >= 0.6 is 0 Å². The second kappa shape index (κ2) is 10.5. The molecule has 0 amide bonds. The molecule has 0 aliphatic carbocycles. The Morgan fingerprint density at radius 2 is 0.854 bits per heavy atom.